The monoisotopic (exact) mass is 397 g/mol. The second kappa shape index (κ2) is 9.62. The van der Waals surface area contributed by atoms with E-state index in [1.54, 1.807) is 37.6 Å². The Balaban J connectivity index is 1.49. The van der Waals surface area contributed by atoms with Gasteiger partial charge in [-0.15, -0.1) is 0 Å². The summed E-state index contributed by atoms with van der Waals surface area (Å²) in [7, 11) is 1.61. The second-order valence-electron chi connectivity index (χ2n) is 5.84. The molecule has 1 heterocycles. The summed E-state index contributed by atoms with van der Waals surface area (Å²) >= 11 is 5.89. The average molecular weight is 398 g/mol. The summed E-state index contributed by atoms with van der Waals surface area (Å²) in [4.78, 5) is 16.4. The second-order valence-corrected chi connectivity index (χ2v) is 6.28. The number of halogens is 1. The van der Waals surface area contributed by atoms with Crippen molar-refractivity contribution in [1.82, 2.24) is 10.3 Å². The van der Waals surface area contributed by atoms with Crippen LogP contribution in [-0.2, 0) is 0 Å². The van der Waals surface area contributed by atoms with E-state index in [-0.39, 0.29) is 5.91 Å². The van der Waals surface area contributed by atoms with Crippen LogP contribution in [0.1, 0.15) is 10.5 Å². The number of benzene rings is 2. The highest BCUT2D eigenvalue weighted by atomic mass is 35.5. The minimum absolute atomic E-state index is 0.266. The zero-order valence-corrected chi connectivity index (χ0v) is 16.1. The summed E-state index contributed by atoms with van der Waals surface area (Å²) in [5.41, 5.74) is 1.95. The van der Waals surface area contributed by atoms with Gasteiger partial charge in [-0.05, 0) is 60.7 Å². The van der Waals surface area contributed by atoms with E-state index in [1.165, 1.54) is 0 Å². The topological polar surface area (TPSA) is 72.5 Å². The molecule has 0 fully saturated rings. The Bertz CT molecular complexity index is 915. The SMILES string of the molecule is COc1ccc(OCCNC(=O)c2cc(Nc3ccc(Cl)cc3)ccn2)cc1. The van der Waals surface area contributed by atoms with Crippen LogP contribution in [0.15, 0.2) is 66.9 Å². The highest BCUT2D eigenvalue weighted by Crippen LogP contribution is 2.19. The van der Waals surface area contributed by atoms with E-state index in [0.29, 0.717) is 29.6 Å². The number of rotatable bonds is 8. The number of ether oxygens (including phenoxy) is 2. The van der Waals surface area contributed by atoms with E-state index in [0.717, 1.165) is 17.1 Å². The predicted octanol–water partition coefficient (Wildman–Crippen LogP) is 4.30. The van der Waals surface area contributed by atoms with E-state index in [2.05, 4.69) is 15.6 Å². The molecule has 0 bridgehead atoms. The zero-order valence-electron chi connectivity index (χ0n) is 15.3. The van der Waals surface area contributed by atoms with Crippen molar-refractivity contribution < 1.29 is 14.3 Å². The Morgan fingerprint density at radius 1 is 1.00 bits per heavy atom. The van der Waals surface area contributed by atoms with E-state index < -0.39 is 0 Å². The smallest absolute Gasteiger partial charge is 0.270 e. The van der Waals surface area contributed by atoms with Gasteiger partial charge in [-0.3, -0.25) is 9.78 Å². The summed E-state index contributed by atoms with van der Waals surface area (Å²) in [6, 6.07) is 18.0. The highest BCUT2D eigenvalue weighted by Gasteiger charge is 2.08. The van der Waals surface area contributed by atoms with Crippen LogP contribution in [0.25, 0.3) is 0 Å². The zero-order chi connectivity index (χ0) is 19.8. The minimum atomic E-state index is -0.266. The predicted molar refractivity (Wildman–Crippen MR) is 110 cm³/mol. The molecule has 28 heavy (non-hydrogen) atoms. The van der Waals surface area contributed by atoms with Crippen LogP contribution in [0, 0.1) is 0 Å². The van der Waals surface area contributed by atoms with Gasteiger partial charge in [0.05, 0.1) is 13.7 Å². The number of nitrogens with zero attached hydrogens (tertiary/aromatic N) is 1. The van der Waals surface area contributed by atoms with Crippen molar-refractivity contribution in [2.45, 2.75) is 0 Å². The van der Waals surface area contributed by atoms with Gasteiger partial charge in [0.25, 0.3) is 5.91 Å². The van der Waals surface area contributed by atoms with Crippen LogP contribution in [0.3, 0.4) is 0 Å². The lowest BCUT2D eigenvalue weighted by Gasteiger charge is -2.10. The molecular weight excluding hydrogens is 378 g/mol. The molecule has 1 amide bonds. The van der Waals surface area contributed by atoms with Crippen LogP contribution in [0.4, 0.5) is 11.4 Å². The first-order chi connectivity index (χ1) is 13.6. The molecule has 0 unspecified atom stereocenters. The number of hydrogen-bond acceptors (Lipinski definition) is 5. The molecule has 1 aromatic heterocycles. The van der Waals surface area contributed by atoms with Gasteiger partial charge in [-0.1, -0.05) is 11.6 Å². The highest BCUT2D eigenvalue weighted by molar-refractivity contribution is 6.30. The van der Waals surface area contributed by atoms with Crippen molar-refractivity contribution in [3.05, 3.63) is 77.6 Å². The Morgan fingerprint density at radius 2 is 1.71 bits per heavy atom. The number of nitrogens with one attached hydrogen (secondary N) is 2. The Kier molecular flexibility index (Phi) is 6.70. The van der Waals surface area contributed by atoms with E-state index in [4.69, 9.17) is 21.1 Å². The maximum Gasteiger partial charge on any atom is 0.270 e. The number of amides is 1. The van der Waals surface area contributed by atoms with Crippen molar-refractivity contribution in [2.24, 2.45) is 0 Å². The van der Waals surface area contributed by atoms with E-state index in [1.807, 2.05) is 36.4 Å². The molecule has 0 aliphatic heterocycles. The van der Waals surface area contributed by atoms with Gasteiger partial charge >= 0.3 is 0 Å². The normalized spacial score (nSPS) is 10.2. The molecule has 0 atom stereocenters. The molecule has 7 heteroatoms. The number of hydrogen-bond donors (Lipinski definition) is 2. The summed E-state index contributed by atoms with van der Waals surface area (Å²) in [6.45, 7) is 0.710. The number of pyridine rings is 1. The van der Waals surface area contributed by atoms with Gasteiger partial charge in [0.15, 0.2) is 0 Å². The Hall–Kier alpha value is -3.25. The van der Waals surface area contributed by atoms with Gasteiger partial charge in [0.2, 0.25) is 0 Å². The molecule has 0 aliphatic carbocycles. The number of carbonyl (C=O) groups is 1. The number of anilines is 2. The molecule has 0 aliphatic rings. The number of methoxy groups -OCH3 is 1. The van der Waals surface area contributed by atoms with Crippen molar-refractivity contribution in [2.75, 3.05) is 25.6 Å². The maximum absolute atomic E-state index is 12.3. The van der Waals surface area contributed by atoms with Gasteiger partial charge < -0.3 is 20.1 Å². The first-order valence-corrected chi connectivity index (χ1v) is 9.05. The quantitative estimate of drug-likeness (QED) is 0.554. The van der Waals surface area contributed by atoms with Crippen molar-refractivity contribution in [1.29, 1.82) is 0 Å². The molecule has 3 aromatic rings. The number of aromatic nitrogens is 1. The average Bonchev–Trinajstić information content (AvgIpc) is 2.73. The lowest BCUT2D eigenvalue weighted by Crippen LogP contribution is -2.28. The summed E-state index contributed by atoms with van der Waals surface area (Å²) in [5, 5.41) is 6.67. The fourth-order valence-electron chi connectivity index (χ4n) is 2.43. The number of carbonyl (C=O) groups excluding carboxylic acids is 1. The lowest BCUT2D eigenvalue weighted by molar-refractivity contribution is 0.0942. The first kappa shape index (κ1) is 19.5. The van der Waals surface area contributed by atoms with Crippen LogP contribution < -0.4 is 20.1 Å². The fourth-order valence-corrected chi connectivity index (χ4v) is 2.55. The van der Waals surface area contributed by atoms with Gasteiger partial charge in [0.1, 0.15) is 23.8 Å². The van der Waals surface area contributed by atoms with Crippen LogP contribution in [-0.4, -0.2) is 31.2 Å². The molecule has 0 spiro atoms. The van der Waals surface area contributed by atoms with Gasteiger partial charge in [0, 0.05) is 22.6 Å². The van der Waals surface area contributed by atoms with Crippen LogP contribution >= 0.6 is 11.6 Å². The first-order valence-electron chi connectivity index (χ1n) is 8.68. The standard InChI is InChI=1S/C21H20ClN3O3/c1-27-18-6-8-19(9-7-18)28-13-12-24-21(26)20-14-17(10-11-23-20)25-16-4-2-15(22)3-5-16/h2-11,14H,12-13H2,1H3,(H,23,25)(H,24,26). The van der Waals surface area contributed by atoms with Crippen molar-refractivity contribution in [3.8, 4) is 11.5 Å². The Labute approximate surface area is 168 Å². The van der Waals surface area contributed by atoms with E-state index in [9.17, 15) is 4.79 Å². The molecule has 3 rings (SSSR count). The summed E-state index contributed by atoms with van der Waals surface area (Å²) in [5.74, 6) is 1.21. The summed E-state index contributed by atoms with van der Waals surface area (Å²) < 4.78 is 10.7. The van der Waals surface area contributed by atoms with Gasteiger partial charge in [-0.2, -0.15) is 0 Å². The maximum atomic E-state index is 12.3. The minimum Gasteiger partial charge on any atom is -0.497 e. The van der Waals surface area contributed by atoms with Crippen LogP contribution in [0.2, 0.25) is 5.02 Å². The largest absolute Gasteiger partial charge is 0.497 e. The fraction of sp³-hybridized carbons (Fsp3) is 0.143. The molecule has 0 saturated carbocycles. The van der Waals surface area contributed by atoms with Crippen molar-refractivity contribution >= 4 is 28.9 Å². The van der Waals surface area contributed by atoms with Gasteiger partial charge in [-0.25, -0.2) is 0 Å². The van der Waals surface area contributed by atoms with Crippen molar-refractivity contribution in [3.63, 3.8) is 0 Å². The lowest BCUT2D eigenvalue weighted by atomic mass is 10.2. The molecule has 2 N–H and O–H groups in total. The molecule has 0 radical (unpaired) electrons. The third kappa shape index (κ3) is 5.62. The molecule has 2 aromatic carbocycles. The van der Waals surface area contributed by atoms with Crippen LogP contribution in [0.5, 0.6) is 11.5 Å². The molecule has 6 nitrogen and oxygen atoms in total. The molecule has 0 saturated heterocycles. The molecule has 144 valence electrons. The molecular formula is C21H20ClN3O3. The van der Waals surface area contributed by atoms with E-state index >= 15 is 0 Å². The Morgan fingerprint density at radius 3 is 2.43 bits per heavy atom. The third-order valence-electron chi connectivity index (χ3n) is 3.84. The third-order valence-corrected chi connectivity index (χ3v) is 4.09. The summed E-state index contributed by atoms with van der Waals surface area (Å²) in [6.07, 6.45) is 1.58.